The molecule has 0 aliphatic rings. The summed E-state index contributed by atoms with van der Waals surface area (Å²) < 4.78 is 31.9. The molecule has 0 aromatic heterocycles. The molecule has 0 amide bonds. The van der Waals surface area contributed by atoms with E-state index in [-0.39, 0.29) is 30.8 Å². The van der Waals surface area contributed by atoms with Gasteiger partial charge in [-0.05, 0) is 34.4 Å². The van der Waals surface area contributed by atoms with Gasteiger partial charge in [0.2, 0.25) is 0 Å². The van der Waals surface area contributed by atoms with Gasteiger partial charge < -0.3 is 2.85 Å². The van der Waals surface area contributed by atoms with E-state index < -0.39 is 10.1 Å². The average molecular weight is 285 g/mol. The number of hydrogen-bond acceptors (Lipinski definition) is 2. The van der Waals surface area contributed by atoms with Crippen molar-refractivity contribution in [1.82, 2.24) is 0 Å². The second-order valence-electron chi connectivity index (χ2n) is 4.15. The monoisotopic (exact) mass is 284 g/mol. The third-order valence-corrected chi connectivity index (χ3v) is 3.90. The summed E-state index contributed by atoms with van der Waals surface area (Å²) in [5.41, 5.74) is 0. The summed E-state index contributed by atoms with van der Waals surface area (Å²) in [6.07, 6.45) is 0. The Morgan fingerprint density at radius 1 is 0.842 bits per heavy atom. The van der Waals surface area contributed by atoms with Gasteiger partial charge in [-0.25, -0.2) is 0 Å². The molecule has 0 radical (unpaired) electrons. The molecule has 0 bridgehead atoms. The quantitative estimate of drug-likeness (QED) is 0.424. The fourth-order valence-electron chi connectivity index (χ4n) is 2.16. The van der Waals surface area contributed by atoms with Crippen LogP contribution >= 0.6 is 0 Å². The number of hydrogen-bond donors (Lipinski definition) is 1. The van der Waals surface area contributed by atoms with Gasteiger partial charge in [-0.1, -0.05) is 36.4 Å². The van der Waals surface area contributed by atoms with Crippen molar-refractivity contribution in [3.05, 3.63) is 54.6 Å². The Hall–Kier alpha value is -1.14. The van der Waals surface area contributed by atoms with Crippen molar-refractivity contribution in [2.24, 2.45) is 0 Å². The second kappa shape index (κ2) is 5.09. The van der Waals surface area contributed by atoms with E-state index in [0.717, 1.165) is 16.2 Å². The third-order valence-electron chi connectivity index (χ3n) is 2.98. The molecule has 3 aromatic carbocycles. The zero-order valence-corrected chi connectivity index (χ0v) is 12.3. The van der Waals surface area contributed by atoms with Crippen molar-refractivity contribution in [2.45, 2.75) is 4.90 Å². The molecule has 19 heavy (non-hydrogen) atoms. The Morgan fingerprint density at radius 3 is 2.05 bits per heavy atom. The van der Waals surface area contributed by atoms with Crippen LogP contribution < -0.4 is 0 Å². The van der Waals surface area contributed by atoms with Gasteiger partial charge in [-0.2, -0.15) is 8.42 Å². The first-order chi connectivity index (χ1) is 8.55. The van der Waals surface area contributed by atoms with Crippen molar-refractivity contribution in [1.29, 1.82) is 0 Å². The molecule has 0 saturated heterocycles. The molecule has 0 fully saturated rings. The van der Waals surface area contributed by atoms with Crippen LogP contribution in [0.25, 0.3) is 21.5 Å². The Bertz CT molecular complexity index is 866. The molecule has 0 saturated carbocycles. The van der Waals surface area contributed by atoms with Crippen LogP contribution in [-0.4, -0.2) is 36.0 Å². The van der Waals surface area contributed by atoms with E-state index in [0.29, 0.717) is 5.39 Å². The Labute approximate surface area is 130 Å². The fraction of sp³-hybridized carbons (Fsp3) is 0. The molecule has 0 heterocycles. The average Bonchev–Trinajstić information content (AvgIpc) is 2.34. The molecule has 0 aliphatic carbocycles. The van der Waals surface area contributed by atoms with Crippen molar-refractivity contribution in [2.75, 3.05) is 0 Å². The van der Waals surface area contributed by atoms with Gasteiger partial charge >= 0.3 is 23.1 Å². The van der Waals surface area contributed by atoms with E-state index >= 15 is 0 Å². The minimum absolute atomic E-state index is 0. The van der Waals surface area contributed by atoms with Crippen LogP contribution in [0.2, 0.25) is 0 Å². The van der Waals surface area contributed by atoms with Crippen molar-refractivity contribution in [3.8, 4) is 0 Å². The van der Waals surface area contributed by atoms with Crippen LogP contribution in [0.15, 0.2) is 59.5 Å². The summed E-state index contributed by atoms with van der Waals surface area (Å²) in [6, 6.07) is 16.3. The normalized spacial score (nSPS) is 11.4. The van der Waals surface area contributed by atoms with Gasteiger partial charge in [0.15, 0.2) is 0 Å². The topological polar surface area (TPSA) is 54.4 Å². The Morgan fingerprint density at radius 2 is 1.42 bits per heavy atom. The number of fused-ring (bicyclic) bond motifs is 2. The second-order valence-corrected chi connectivity index (χ2v) is 5.54. The number of benzene rings is 3. The molecule has 3 aromatic rings. The minimum atomic E-state index is -4.20. The molecule has 0 atom stereocenters. The summed E-state index contributed by atoms with van der Waals surface area (Å²) in [4.78, 5) is -0.0502. The fourth-order valence-corrected chi connectivity index (χ4v) is 2.87. The molecule has 3 nitrogen and oxygen atoms in total. The smallest absolute Gasteiger partial charge is 1.00 e. The van der Waals surface area contributed by atoms with E-state index in [9.17, 15) is 13.0 Å². The molecule has 3 rings (SSSR count). The van der Waals surface area contributed by atoms with Crippen LogP contribution in [0.1, 0.15) is 2.85 Å². The Kier molecular flexibility index (Phi) is 3.82. The van der Waals surface area contributed by atoms with E-state index in [4.69, 9.17) is 0 Å². The van der Waals surface area contributed by atoms with Crippen molar-refractivity contribution >= 4 is 54.7 Å². The number of rotatable bonds is 1. The minimum Gasteiger partial charge on any atom is -1.00 e. The zero-order valence-electron chi connectivity index (χ0n) is 12.1. The SMILES string of the molecule is O=S(=O)(O)c1cccc2cc3ccccc3cc12.[H-].[H-].[Mg+2]. The molecular formula is C14H12MgO3S. The van der Waals surface area contributed by atoms with Gasteiger partial charge in [0, 0.05) is 5.39 Å². The van der Waals surface area contributed by atoms with E-state index in [1.54, 1.807) is 12.1 Å². The summed E-state index contributed by atoms with van der Waals surface area (Å²) in [6.45, 7) is 0. The van der Waals surface area contributed by atoms with Crippen LogP contribution in [0.3, 0.4) is 0 Å². The molecule has 0 spiro atoms. The maximum absolute atomic E-state index is 11.3. The Balaban J connectivity index is 0.00000133. The first-order valence-electron chi connectivity index (χ1n) is 5.45. The van der Waals surface area contributed by atoms with Gasteiger partial charge in [0.25, 0.3) is 10.1 Å². The van der Waals surface area contributed by atoms with Gasteiger partial charge in [0.05, 0.1) is 0 Å². The maximum Gasteiger partial charge on any atom is 2.00 e. The zero-order chi connectivity index (χ0) is 12.8. The molecule has 94 valence electrons. The molecule has 1 N–H and O–H groups in total. The first-order valence-corrected chi connectivity index (χ1v) is 6.89. The standard InChI is InChI=1S/C14H10O3S.Mg.2H/c15-18(16,17)14-7-3-6-12-8-10-4-1-2-5-11(10)9-13(12)14;;;/h1-9H,(H,15,16,17);;;/q;+2;2*-1. The van der Waals surface area contributed by atoms with Crippen LogP contribution in [0.5, 0.6) is 0 Å². The molecular weight excluding hydrogens is 273 g/mol. The predicted octanol–water partition coefficient (Wildman–Crippen LogP) is 3.08. The van der Waals surface area contributed by atoms with Crippen LogP contribution in [-0.2, 0) is 10.1 Å². The van der Waals surface area contributed by atoms with Crippen molar-refractivity contribution < 1.29 is 15.8 Å². The van der Waals surface area contributed by atoms with Gasteiger partial charge in [0.1, 0.15) is 4.90 Å². The largest absolute Gasteiger partial charge is 2.00 e. The van der Waals surface area contributed by atoms with E-state index in [1.165, 1.54) is 6.07 Å². The van der Waals surface area contributed by atoms with E-state index in [2.05, 4.69) is 0 Å². The summed E-state index contributed by atoms with van der Waals surface area (Å²) in [5, 5.41) is 3.32. The van der Waals surface area contributed by atoms with Gasteiger partial charge in [-0.15, -0.1) is 0 Å². The predicted molar refractivity (Wildman–Crippen MR) is 79.2 cm³/mol. The molecule has 5 heteroatoms. The summed E-state index contributed by atoms with van der Waals surface area (Å²) >= 11 is 0. The maximum atomic E-state index is 11.3. The van der Waals surface area contributed by atoms with Crippen LogP contribution in [0, 0.1) is 0 Å². The molecule has 0 unspecified atom stereocenters. The van der Waals surface area contributed by atoms with Gasteiger partial charge in [-0.3, -0.25) is 4.55 Å². The summed E-state index contributed by atoms with van der Waals surface area (Å²) in [7, 11) is -4.20. The summed E-state index contributed by atoms with van der Waals surface area (Å²) in [5.74, 6) is 0. The van der Waals surface area contributed by atoms with Crippen LogP contribution in [0.4, 0.5) is 0 Å². The first kappa shape index (κ1) is 14.3. The van der Waals surface area contributed by atoms with Crippen molar-refractivity contribution in [3.63, 3.8) is 0 Å². The third kappa shape index (κ3) is 2.60. The molecule has 0 aliphatic heterocycles. The van der Waals surface area contributed by atoms with E-state index in [1.807, 2.05) is 36.4 Å².